The molecule has 122 valence electrons. The molecule has 1 aromatic carbocycles. The van der Waals surface area contributed by atoms with E-state index in [1.165, 1.54) is 0 Å². The Bertz CT molecular complexity index is 655. The number of carbonyl (C=O) groups is 1. The number of hydrogen-bond acceptors (Lipinski definition) is 3. The second-order valence-electron chi connectivity index (χ2n) is 6.70. The predicted molar refractivity (Wildman–Crippen MR) is 92.6 cm³/mol. The van der Waals surface area contributed by atoms with Gasteiger partial charge in [0.1, 0.15) is 11.4 Å². The van der Waals surface area contributed by atoms with Crippen molar-refractivity contribution in [2.75, 3.05) is 4.90 Å². The number of amides is 1. The van der Waals surface area contributed by atoms with E-state index in [4.69, 9.17) is 4.74 Å². The number of nitrogens with zero attached hydrogens (tertiary/aromatic N) is 2. The van der Waals surface area contributed by atoms with Crippen LogP contribution in [0.15, 0.2) is 42.5 Å². The molecule has 1 aromatic heterocycles. The highest BCUT2D eigenvalue weighted by Gasteiger charge is 2.24. The molecule has 0 aliphatic rings. The molecular formula is C19H24N2O2. The van der Waals surface area contributed by atoms with Crippen LogP contribution in [-0.2, 0) is 11.3 Å². The summed E-state index contributed by atoms with van der Waals surface area (Å²) in [6.07, 6.45) is -0.390. The maximum absolute atomic E-state index is 12.6. The van der Waals surface area contributed by atoms with Crippen LogP contribution in [0.5, 0.6) is 0 Å². The third kappa shape index (κ3) is 5.09. The van der Waals surface area contributed by atoms with Crippen LogP contribution in [0.2, 0.25) is 0 Å². The Balaban J connectivity index is 2.36. The first-order chi connectivity index (χ1) is 10.7. The number of rotatable bonds is 3. The first-order valence-electron chi connectivity index (χ1n) is 7.74. The van der Waals surface area contributed by atoms with Crippen molar-refractivity contribution in [3.8, 4) is 0 Å². The van der Waals surface area contributed by atoms with Crippen molar-refractivity contribution in [2.24, 2.45) is 0 Å². The molecule has 1 heterocycles. The first kappa shape index (κ1) is 17.0. The van der Waals surface area contributed by atoms with Crippen LogP contribution < -0.4 is 4.90 Å². The smallest absolute Gasteiger partial charge is 0.416 e. The minimum Gasteiger partial charge on any atom is -0.443 e. The molecule has 0 N–H and O–H groups in total. The van der Waals surface area contributed by atoms with E-state index in [1.54, 1.807) is 4.90 Å². The van der Waals surface area contributed by atoms with Crippen LogP contribution in [-0.4, -0.2) is 16.7 Å². The normalized spacial score (nSPS) is 11.2. The summed E-state index contributed by atoms with van der Waals surface area (Å²) >= 11 is 0. The van der Waals surface area contributed by atoms with E-state index in [0.717, 1.165) is 16.8 Å². The van der Waals surface area contributed by atoms with E-state index in [2.05, 4.69) is 4.98 Å². The average Bonchev–Trinajstić information content (AvgIpc) is 2.42. The molecule has 4 nitrogen and oxygen atoms in total. The van der Waals surface area contributed by atoms with Crippen molar-refractivity contribution in [2.45, 2.75) is 46.8 Å². The lowest BCUT2D eigenvalue weighted by Crippen LogP contribution is -2.37. The standard InChI is InChI=1S/C19H24N2O2/c1-14-11-15(2)20-17(12-14)21(18(22)23-19(3,4)5)13-16-9-7-6-8-10-16/h6-12H,13H2,1-5H3. The second-order valence-corrected chi connectivity index (χ2v) is 6.70. The number of aromatic nitrogens is 1. The zero-order valence-corrected chi connectivity index (χ0v) is 14.5. The van der Waals surface area contributed by atoms with Gasteiger partial charge < -0.3 is 4.74 Å². The summed E-state index contributed by atoms with van der Waals surface area (Å²) in [5.41, 5.74) is 2.42. The summed E-state index contributed by atoms with van der Waals surface area (Å²) in [5.74, 6) is 0.612. The van der Waals surface area contributed by atoms with Crippen LogP contribution in [0.25, 0.3) is 0 Å². The molecule has 1 amide bonds. The van der Waals surface area contributed by atoms with Crippen molar-refractivity contribution >= 4 is 11.9 Å². The quantitative estimate of drug-likeness (QED) is 0.829. The molecule has 0 radical (unpaired) electrons. The van der Waals surface area contributed by atoms with Gasteiger partial charge in [-0.05, 0) is 57.9 Å². The van der Waals surface area contributed by atoms with E-state index in [-0.39, 0.29) is 6.09 Å². The van der Waals surface area contributed by atoms with Gasteiger partial charge in [0.15, 0.2) is 0 Å². The molecule has 2 aromatic rings. The Hall–Kier alpha value is -2.36. The lowest BCUT2D eigenvalue weighted by atomic mass is 10.2. The molecule has 23 heavy (non-hydrogen) atoms. The van der Waals surface area contributed by atoms with Gasteiger partial charge in [0, 0.05) is 5.69 Å². The second kappa shape index (κ2) is 6.82. The lowest BCUT2D eigenvalue weighted by Gasteiger charge is -2.27. The van der Waals surface area contributed by atoms with Crippen molar-refractivity contribution < 1.29 is 9.53 Å². The van der Waals surface area contributed by atoms with E-state index in [0.29, 0.717) is 12.4 Å². The molecule has 0 atom stereocenters. The van der Waals surface area contributed by atoms with Crippen LogP contribution >= 0.6 is 0 Å². The number of carbonyl (C=O) groups excluding carboxylic acids is 1. The molecule has 0 bridgehead atoms. The highest BCUT2D eigenvalue weighted by atomic mass is 16.6. The van der Waals surface area contributed by atoms with Crippen LogP contribution in [0, 0.1) is 13.8 Å². The molecule has 2 rings (SSSR count). The van der Waals surface area contributed by atoms with E-state index in [1.807, 2.05) is 77.1 Å². The minimum absolute atomic E-state index is 0.390. The Kier molecular flexibility index (Phi) is 5.04. The van der Waals surface area contributed by atoms with E-state index < -0.39 is 5.60 Å². The molecule has 4 heteroatoms. The highest BCUT2D eigenvalue weighted by Crippen LogP contribution is 2.21. The lowest BCUT2D eigenvalue weighted by molar-refractivity contribution is 0.0576. The van der Waals surface area contributed by atoms with Crippen LogP contribution in [0.1, 0.15) is 37.6 Å². The van der Waals surface area contributed by atoms with Gasteiger partial charge in [-0.2, -0.15) is 0 Å². The van der Waals surface area contributed by atoms with Gasteiger partial charge in [-0.25, -0.2) is 9.78 Å². The monoisotopic (exact) mass is 312 g/mol. The average molecular weight is 312 g/mol. The number of ether oxygens (including phenoxy) is 1. The summed E-state index contributed by atoms with van der Waals surface area (Å²) in [7, 11) is 0. The third-order valence-corrected chi connectivity index (χ3v) is 3.16. The fourth-order valence-corrected chi connectivity index (χ4v) is 2.28. The van der Waals surface area contributed by atoms with Gasteiger partial charge in [-0.3, -0.25) is 4.90 Å². The fraction of sp³-hybridized carbons (Fsp3) is 0.368. The summed E-state index contributed by atoms with van der Waals surface area (Å²) in [4.78, 5) is 18.7. The molecular weight excluding hydrogens is 288 g/mol. The molecule has 0 fully saturated rings. The molecule has 0 saturated heterocycles. The summed E-state index contributed by atoms with van der Waals surface area (Å²) in [5, 5.41) is 0. The van der Waals surface area contributed by atoms with Crippen molar-refractivity contribution in [1.82, 2.24) is 4.98 Å². The Morgan fingerprint density at radius 1 is 1.13 bits per heavy atom. The largest absolute Gasteiger partial charge is 0.443 e. The van der Waals surface area contributed by atoms with Crippen molar-refractivity contribution in [3.05, 3.63) is 59.3 Å². The number of pyridine rings is 1. The highest BCUT2D eigenvalue weighted by molar-refractivity contribution is 5.86. The Morgan fingerprint density at radius 3 is 2.35 bits per heavy atom. The summed E-state index contributed by atoms with van der Waals surface area (Å²) < 4.78 is 5.55. The van der Waals surface area contributed by atoms with Crippen molar-refractivity contribution in [3.63, 3.8) is 0 Å². The zero-order valence-electron chi connectivity index (χ0n) is 14.5. The van der Waals surface area contributed by atoms with Gasteiger partial charge in [0.2, 0.25) is 0 Å². The van der Waals surface area contributed by atoms with Gasteiger partial charge in [-0.15, -0.1) is 0 Å². The molecule has 0 unspecified atom stereocenters. The van der Waals surface area contributed by atoms with E-state index in [9.17, 15) is 4.79 Å². The van der Waals surface area contributed by atoms with Gasteiger partial charge >= 0.3 is 6.09 Å². The number of hydrogen-bond donors (Lipinski definition) is 0. The molecule has 0 aliphatic heterocycles. The molecule has 0 saturated carbocycles. The fourth-order valence-electron chi connectivity index (χ4n) is 2.28. The third-order valence-electron chi connectivity index (χ3n) is 3.16. The zero-order chi connectivity index (χ0) is 17.0. The predicted octanol–water partition coefficient (Wildman–Crippen LogP) is 4.64. The maximum atomic E-state index is 12.6. The van der Waals surface area contributed by atoms with Gasteiger partial charge in [-0.1, -0.05) is 30.3 Å². The first-order valence-corrected chi connectivity index (χ1v) is 7.74. The summed E-state index contributed by atoms with van der Waals surface area (Å²) in [6, 6.07) is 13.7. The topological polar surface area (TPSA) is 42.4 Å². The molecule has 0 spiro atoms. The van der Waals surface area contributed by atoms with Gasteiger partial charge in [0.05, 0.1) is 6.54 Å². The van der Waals surface area contributed by atoms with E-state index >= 15 is 0 Å². The Morgan fingerprint density at radius 2 is 1.78 bits per heavy atom. The summed E-state index contributed by atoms with van der Waals surface area (Å²) in [6.45, 7) is 9.92. The minimum atomic E-state index is -0.551. The number of benzene rings is 1. The van der Waals surface area contributed by atoms with Gasteiger partial charge in [0.25, 0.3) is 0 Å². The Labute approximate surface area is 138 Å². The molecule has 0 aliphatic carbocycles. The number of aryl methyl sites for hydroxylation is 2. The van der Waals surface area contributed by atoms with Crippen LogP contribution in [0.3, 0.4) is 0 Å². The maximum Gasteiger partial charge on any atom is 0.416 e. The number of anilines is 1. The SMILES string of the molecule is Cc1cc(C)nc(N(Cc2ccccc2)C(=O)OC(C)(C)C)c1. The van der Waals surface area contributed by atoms with Crippen LogP contribution in [0.4, 0.5) is 10.6 Å². The van der Waals surface area contributed by atoms with Crippen molar-refractivity contribution in [1.29, 1.82) is 0 Å².